The molecule has 0 radical (unpaired) electrons. The van der Waals surface area contributed by atoms with Gasteiger partial charge < -0.3 is 10.6 Å². The molecule has 1 fully saturated rings. The van der Waals surface area contributed by atoms with Gasteiger partial charge in [0.2, 0.25) is 0 Å². The van der Waals surface area contributed by atoms with E-state index >= 15 is 0 Å². The molecule has 2 N–H and O–H groups in total. The van der Waals surface area contributed by atoms with Crippen LogP contribution in [0.2, 0.25) is 0 Å². The Morgan fingerprint density at radius 2 is 2.17 bits per heavy atom. The molecule has 2 heteroatoms. The van der Waals surface area contributed by atoms with E-state index in [0.29, 0.717) is 6.04 Å². The van der Waals surface area contributed by atoms with Crippen molar-refractivity contribution in [3.8, 4) is 0 Å². The van der Waals surface area contributed by atoms with Gasteiger partial charge in [-0.05, 0) is 51.7 Å². The molecule has 1 rings (SSSR count). The molecule has 2 nitrogen and oxygen atoms in total. The Balaban J connectivity index is 2.34. The van der Waals surface area contributed by atoms with E-state index in [1.54, 1.807) is 0 Å². The van der Waals surface area contributed by atoms with Crippen LogP contribution in [0.5, 0.6) is 0 Å². The third-order valence-electron chi connectivity index (χ3n) is 3.06. The van der Waals surface area contributed by atoms with Crippen LogP contribution >= 0.6 is 0 Å². The van der Waals surface area contributed by atoms with Crippen LogP contribution in [0, 0.1) is 5.92 Å². The topological polar surface area (TPSA) is 29.3 Å². The minimum Gasteiger partial charge on any atom is -0.328 e. The second kappa shape index (κ2) is 4.83. The van der Waals surface area contributed by atoms with Crippen molar-refractivity contribution in [1.82, 2.24) is 4.90 Å². The van der Waals surface area contributed by atoms with E-state index in [4.69, 9.17) is 5.73 Å². The van der Waals surface area contributed by atoms with Crippen LogP contribution in [0.1, 0.15) is 33.1 Å². The monoisotopic (exact) mass is 170 g/mol. The standard InChI is InChI=1S/C10H22N2/c1-3-12-7-4-5-10(6-8-12)9(2)11/h9-10H,3-8,11H2,1-2H3. The number of hydrogen-bond acceptors (Lipinski definition) is 2. The van der Waals surface area contributed by atoms with Gasteiger partial charge in [0.15, 0.2) is 0 Å². The zero-order valence-corrected chi connectivity index (χ0v) is 8.42. The van der Waals surface area contributed by atoms with Crippen molar-refractivity contribution < 1.29 is 0 Å². The highest BCUT2D eigenvalue weighted by atomic mass is 15.1. The Morgan fingerprint density at radius 1 is 1.42 bits per heavy atom. The number of rotatable bonds is 2. The molecular weight excluding hydrogens is 148 g/mol. The van der Waals surface area contributed by atoms with E-state index in [1.807, 2.05) is 0 Å². The maximum absolute atomic E-state index is 5.90. The predicted octanol–water partition coefficient (Wildman–Crippen LogP) is 1.46. The molecule has 2 atom stereocenters. The fourth-order valence-electron chi connectivity index (χ4n) is 2.02. The summed E-state index contributed by atoms with van der Waals surface area (Å²) in [7, 11) is 0. The highest BCUT2D eigenvalue weighted by Crippen LogP contribution is 2.19. The zero-order valence-electron chi connectivity index (χ0n) is 8.42. The van der Waals surface area contributed by atoms with Crippen LogP contribution in [-0.2, 0) is 0 Å². The lowest BCUT2D eigenvalue weighted by Gasteiger charge is -2.19. The number of likely N-dealkylation sites (tertiary alicyclic amines) is 1. The number of nitrogens with zero attached hydrogens (tertiary/aromatic N) is 1. The molecule has 0 aromatic rings. The van der Waals surface area contributed by atoms with E-state index in [0.717, 1.165) is 5.92 Å². The average Bonchev–Trinajstić information content (AvgIpc) is 2.28. The van der Waals surface area contributed by atoms with Crippen LogP contribution < -0.4 is 5.73 Å². The van der Waals surface area contributed by atoms with Crippen molar-refractivity contribution in [2.75, 3.05) is 19.6 Å². The number of nitrogens with two attached hydrogens (primary N) is 1. The average molecular weight is 170 g/mol. The summed E-state index contributed by atoms with van der Waals surface area (Å²) >= 11 is 0. The first-order chi connectivity index (χ1) is 5.74. The molecule has 0 aromatic heterocycles. The molecule has 0 aliphatic carbocycles. The van der Waals surface area contributed by atoms with Gasteiger partial charge in [0.05, 0.1) is 0 Å². The van der Waals surface area contributed by atoms with Crippen molar-refractivity contribution in [1.29, 1.82) is 0 Å². The molecule has 1 saturated heterocycles. The molecule has 1 heterocycles. The first-order valence-electron chi connectivity index (χ1n) is 5.22. The predicted molar refractivity (Wildman–Crippen MR) is 53.1 cm³/mol. The maximum atomic E-state index is 5.90. The lowest BCUT2D eigenvalue weighted by Crippen LogP contribution is -2.28. The summed E-state index contributed by atoms with van der Waals surface area (Å²) in [6.07, 6.45) is 3.96. The van der Waals surface area contributed by atoms with Gasteiger partial charge in [-0.25, -0.2) is 0 Å². The largest absolute Gasteiger partial charge is 0.328 e. The second-order valence-corrected chi connectivity index (χ2v) is 3.98. The quantitative estimate of drug-likeness (QED) is 0.680. The number of hydrogen-bond donors (Lipinski definition) is 1. The van der Waals surface area contributed by atoms with E-state index in [1.165, 1.54) is 38.9 Å². The van der Waals surface area contributed by atoms with Crippen LogP contribution in [0.3, 0.4) is 0 Å². The summed E-state index contributed by atoms with van der Waals surface area (Å²) in [5.74, 6) is 0.765. The first kappa shape index (κ1) is 10.0. The maximum Gasteiger partial charge on any atom is 0.00392 e. The van der Waals surface area contributed by atoms with Gasteiger partial charge in [-0.1, -0.05) is 6.92 Å². The molecule has 0 amide bonds. The summed E-state index contributed by atoms with van der Waals surface area (Å²) in [6, 6.07) is 0.391. The Morgan fingerprint density at radius 3 is 2.75 bits per heavy atom. The molecule has 0 saturated carbocycles. The van der Waals surface area contributed by atoms with E-state index in [-0.39, 0.29) is 0 Å². The highest BCUT2D eigenvalue weighted by molar-refractivity contribution is 4.74. The SMILES string of the molecule is CCN1CCCC(C(C)N)CC1. The van der Waals surface area contributed by atoms with Crippen molar-refractivity contribution in [2.45, 2.75) is 39.2 Å². The van der Waals surface area contributed by atoms with Gasteiger partial charge in [-0.3, -0.25) is 0 Å². The third-order valence-corrected chi connectivity index (χ3v) is 3.06. The molecule has 0 bridgehead atoms. The van der Waals surface area contributed by atoms with E-state index in [2.05, 4.69) is 18.7 Å². The molecule has 72 valence electrons. The van der Waals surface area contributed by atoms with E-state index < -0.39 is 0 Å². The second-order valence-electron chi connectivity index (χ2n) is 3.98. The Kier molecular flexibility index (Phi) is 4.02. The molecule has 1 aliphatic heterocycles. The summed E-state index contributed by atoms with van der Waals surface area (Å²) < 4.78 is 0. The summed E-state index contributed by atoms with van der Waals surface area (Å²) in [6.45, 7) is 8.12. The van der Waals surface area contributed by atoms with Crippen LogP contribution in [-0.4, -0.2) is 30.6 Å². The van der Waals surface area contributed by atoms with Gasteiger partial charge in [-0.15, -0.1) is 0 Å². The van der Waals surface area contributed by atoms with Crippen LogP contribution in [0.25, 0.3) is 0 Å². The normalized spacial score (nSPS) is 29.8. The lowest BCUT2D eigenvalue weighted by molar-refractivity contribution is 0.292. The van der Waals surface area contributed by atoms with Crippen molar-refractivity contribution >= 4 is 0 Å². The molecule has 0 spiro atoms. The molecule has 2 unspecified atom stereocenters. The van der Waals surface area contributed by atoms with Crippen molar-refractivity contribution in [3.05, 3.63) is 0 Å². The zero-order chi connectivity index (χ0) is 8.97. The van der Waals surface area contributed by atoms with Crippen molar-refractivity contribution in [3.63, 3.8) is 0 Å². The minimum absolute atomic E-state index is 0.391. The van der Waals surface area contributed by atoms with Gasteiger partial charge >= 0.3 is 0 Å². The summed E-state index contributed by atoms with van der Waals surface area (Å²) in [4.78, 5) is 2.53. The lowest BCUT2D eigenvalue weighted by atomic mass is 9.94. The Labute approximate surface area is 76.1 Å². The van der Waals surface area contributed by atoms with Gasteiger partial charge in [0, 0.05) is 6.04 Å². The molecular formula is C10H22N2. The van der Waals surface area contributed by atoms with Crippen molar-refractivity contribution in [2.24, 2.45) is 11.7 Å². The van der Waals surface area contributed by atoms with Gasteiger partial charge in [0.25, 0.3) is 0 Å². The minimum atomic E-state index is 0.391. The Bertz CT molecular complexity index is 123. The fourth-order valence-corrected chi connectivity index (χ4v) is 2.02. The third kappa shape index (κ3) is 2.76. The van der Waals surface area contributed by atoms with Gasteiger partial charge in [0.1, 0.15) is 0 Å². The molecule has 0 aromatic carbocycles. The summed E-state index contributed by atoms with van der Waals surface area (Å²) in [5, 5.41) is 0. The molecule has 12 heavy (non-hydrogen) atoms. The smallest absolute Gasteiger partial charge is 0.00392 e. The molecule has 1 aliphatic rings. The van der Waals surface area contributed by atoms with Crippen LogP contribution in [0.15, 0.2) is 0 Å². The Hall–Kier alpha value is -0.0800. The highest BCUT2D eigenvalue weighted by Gasteiger charge is 2.18. The van der Waals surface area contributed by atoms with Crippen LogP contribution in [0.4, 0.5) is 0 Å². The van der Waals surface area contributed by atoms with E-state index in [9.17, 15) is 0 Å². The fraction of sp³-hybridized carbons (Fsp3) is 1.00. The first-order valence-corrected chi connectivity index (χ1v) is 5.22. The summed E-state index contributed by atoms with van der Waals surface area (Å²) in [5.41, 5.74) is 5.90. The van der Waals surface area contributed by atoms with Gasteiger partial charge in [-0.2, -0.15) is 0 Å².